The fraction of sp³-hybridized carbons (Fsp3) is 0.111. The van der Waals surface area contributed by atoms with E-state index in [0.717, 1.165) is 15.8 Å². The number of para-hydroxylation sites is 1. The fourth-order valence-corrected chi connectivity index (χ4v) is 2.98. The number of hydrazine groups is 1. The molecule has 7 heteroatoms. The molecule has 0 aliphatic carbocycles. The highest BCUT2D eigenvalue weighted by Crippen LogP contribution is 2.27. The van der Waals surface area contributed by atoms with E-state index in [2.05, 4.69) is 15.4 Å². The first-order chi connectivity index (χ1) is 12.1. The highest BCUT2D eigenvalue weighted by molar-refractivity contribution is 7.13. The Bertz CT molecular complexity index is 951. The van der Waals surface area contributed by atoms with Gasteiger partial charge in [-0.05, 0) is 36.6 Å². The molecule has 2 aromatic heterocycles. The summed E-state index contributed by atoms with van der Waals surface area (Å²) in [5, 5.41) is 4.08. The molecule has 0 bridgehead atoms. The van der Waals surface area contributed by atoms with Crippen molar-refractivity contribution in [2.24, 2.45) is 0 Å². The second-order valence-corrected chi connectivity index (χ2v) is 6.30. The molecule has 126 valence electrons. The van der Waals surface area contributed by atoms with Crippen molar-refractivity contribution in [1.29, 1.82) is 0 Å². The third-order valence-electron chi connectivity index (χ3n) is 3.58. The van der Waals surface area contributed by atoms with Gasteiger partial charge in [-0.25, -0.2) is 9.97 Å². The van der Waals surface area contributed by atoms with E-state index in [1.54, 1.807) is 25.3 Å². The first-order valence-electron chi connectivity index (χ1n) is 7.57. The first-order valence-corrected chi connectivity index (χ1v) is 8.45. The normalized spacial score (nSPS) is 11.4. The minimum absolute atomic E-state index is 0.313. The number of likely N-dealkylation sites (N-methyl/N-ethyl adjacent to an activating group) is 1. The maximum absolute atomic E-state index is 12.3. The number of rotatable bonds is 5. The second-order valence-electron chi connectivity index (χ2n) is 5.35. The van der Waals surface area contributed by atoms with Gasteiger partial charge in [0.2, 0.25) is 0 Å². The van der Waals surface area contributed by atoms with Gasteiger partial charge in [0.1, 0.15) is 6.29 Å². The lowest BCUT2D eigenvalue weighted by atomic mass is 10.2. The van der Waals surface area contributed by atoms with Gasteiger partial charge in [-0.2, -0.15) is 0 Å². The Labute approximate surface area is 148 Å². The van der Waals surface area contributed by atoms with Crippen LogP contribution < -0.4 is 5.43 Å². The van der Waals surface area contributed by atoms with Gasteiger partial charge in [0.15, 0.2) is 11.6 Å². The van der Waals surface area contributed by atoms with Crippen LogP contribution in [0.5, 0.6) is 0 Å². The van der Waals surface area contributed by atoms with Crippen LogP contribution in [0.1, 0.15) is 6.92 Å². The van der Waals surface area contributed by atoms with E-state index in [1.165, 1.54) is 11.1 Å². The summed E-state index contributed by atoms with van der Waals surface area (Å²) in [5.74, 6) is 0.813. The number of hydrogen-bond donors (Lipinski definition) is 1. The molecular weight excluding hydrogens is 336 g/mol. The molecule has 1 aromatic carbocycles. The number of nitrogens with one attached hydrogen (secondary N) is 1. The number of allylic oxidation sites excluding steroid dienone is 1. The van der Waals surface area contributed by atoms with E-state index in [-0.39, 0.29) is 5.91 Å². The predicted octanol–water partition coefficient (Wildman–Crippen LogP) is 3.29. The minimum atomic E-state index is -0.313. The monoisotopic (exact) mass is 352 g/mol. The molecule has 0 aliphatic rings. The van der Waals surface area contributed by atoms with Gasteiger partial charge in [0.05, 0.1) is 10.4 Å². The van der Waals surface area contributed by atoms with E-state index in [9.17, 15) is 9.59 Å². The molecule has 6 nitrogen and oxygen atoms in total. The van der Waals surface area contributed by atoms with Gasteiger partial charge in [-0.3, -0.25) is 20.0 Å². The van der Waals surface area contributed by atoms with Crippen molar-refractivity contribution >= 4 is 40.3 Å². The Morgan fingerprint density at radius 1 is 1.20 bits per heavy atom. The van der Waals surface area contributed by atoms with Crippen molar-refractivity contribution in [3.8, 4) is 10.7 Å². The molecule has 25 heavy (non-hydrogen) atoms. The van der Waals surface area contributed by atoms with Gasteiger partial charge in [0.25, 0.3) is 5.91 Å². The number of benzene rings is 1. The third-order valence-corrected chi connectivity index (χ3v) is 4.44. The lowest BCUT2D eigenvalue weighted by molar-refractivity contribution is -0.124. The lowest BCUT2D eigenvalue weighted by Crippen LogP contribution is -2.33. The van der Waals surface area contributed by atoms with E-state index in [4.69, 9.17) is 0 Å². The van der Waals surface area contributed by atoms with Crippen LogP contribution in [0.15, 0.2) is 53.4 Å². The molecule has 0 atom stereocenters. The molecule has 3 rings (SSSR count). The molecule has 2 heterocycles. The van der Waals surface area contributed by atoms with Crippen molar-refractivity contribution in [2.45, 2.75) is 6.92 Å². The molecule has 0 saturated heterocycles. The number of anilines is 1. The lowest BCUT2D eigenvalue weighted by Gasteiger charge is -2.20. The summed E-state index contributed by atoms with van der Waals surface area (Å²) in [7, 11) is 1.59. The number of carbonyl (C=O) groups is 2. The van der Waals surface area contributed by atoms with Crippen LogP contribution in [0.25, 0.3) is 21.6 Å². The summed E-state index contributed by atoms with van der Waals surface area (Å²) in [6.07, 6.45) is 1.83. The Hall–Kier alpha value is -3.06. The van der Waals surface area contributed by atoms with Crippen LogP contribution in [0.2, 0.25) is 0 Å². The molecule has 0 aliphatic heterocycles. The highest BCUT2D eigenvalue weighted by Gasteiger charge is 2.15. The SMILES string of the molecule is C/C(=C/C=O)C(=O)N(C)Nc1nc(-c2cccs2)nc2ccccc12. The summed E-state index contributed by atoms with van der Waals surface area (Å²) in [5.41, 5.74) is 4.12. The van der Waals surface area contributed by atoms with Crippen molar-refractivity contribution in [3.63, 3.8) is 0 Å². The second kappa shape index (κ2) is 7.23. The number of nitrogens with zero attached hydrogens (tertiary/aromatic N) is 3. The molecule has 1 amide bonds. The predicted molar refractivity (Wildman–Crippen MR) is 99.1 cm³/mol. The van der Waals surface area contributed by atoms with Gasteiger partial charge < -0.3 is 0 Å². The van der Waals surface area contributed by atoms with Crippen LogP contribution in [0.4, 0.5) is 5.82 Å². The number of aromatic nitrogens is 2. The zero-order chi connectivity index (χ0) is 17.8. The molecule has 0 radical (unpaired) electrons. The maximum Gasteiger partial charge on any atom is 0.267 e. The van der Waals surface area contributed by atoms with Crippen LogP contribution in [0, 0.1) is 0 Å². The molecular formula is C18H16N4O2S. The quantitative estimate of drug-likeness (QED) is 0.433. The van der Waals surface area contributed by atoms with Crippen LogP contribution in [-0.2, 0) is 9.59 Å². The molecule has 3 aromatic rings. The van der Waals surface area contributed by atoms with Crippen molar-refractivity contribution < 1.29 is 9.59 Å². The summed E-state index contributed by atoms with van der Waals surface area (Å²) in [6, 6.07) is 11.5. The molecule has 0 spiro atoms. The Kier molecular flexibility index (Phi) is 4.85. The number of hydrogen-bond acceptors (Lipinski definition) is 6. The number of aldehydes is 1. The standard InChI is InChI=1S/C18H16N4O2S/c1-12(9-10-23)18(24)22(2)21-16-13-6-3-4-7-14(13)19-17(20-16)15-8-5-11-25-15/h3-11H,1-2H3,(H,19,20,21)/b12-9-. The third kappa shape index (κ3) is 3.56. The zero-order valence-corrected chi connectivity index (χ0v) is 14.6. The fourth-order valence-electron chi connectivity index (χ4n) is 2.33. The molecule has 0 fully saturated rings. The van der Waals surface area contributed by atoms with Gasteiger partial charge in [0, 0.05) is 18.0 Å². The number of carbonyl (C=O) groups excluding carboxylic acids is 2. The largest absolute Gasteiger partial charge is 0.299 e. The minimum Gasteiger partial charge on any atom is -0.299 e. The van der Waals surface area contributed by atoms with Crippen molar-refractivity contribution in [3.05, 3.63) is 53.4 Å². The summed E-state index contributed by atoms with van der Waals surface area (Å²) < 4.78 is 0. The van der Waals surface area contributed by atoms with Crippen molar-refractivity contribution in [1.82, 2.24) is 15.0 Å². The number of amides is 1. The zero-order valence-electron chi connectivity index (χ0n) is 13.8. The van der Waals surface area contributed by atoms with Crippen LogP contribution in [-0.4, -0.2) is 34.2 Å². The average Bonchev–Trinajstić information content (AvgIpc) is 3.15. The van der Waals surface area contributed by atoms with E-state index in [0.29, 0.717) is 23.5 Å². The topological polar surface area (TPSA) is 75.2 Å². The smallest absolute Gasteiger partial charge is 0.267 e. The van der Waals surface area contributed by atoms with E-state index >= 15 is 0 Å². The summed E-state index contributed by atoms with van der Waals surface area (Å²) >= 11 is 1.55. The van der Waals surface area contributed by atoms with Gasteiger partial charge in [-0.15, -0.1) is 11.3 Å². The van der Waals surface area contributed by atoms with Gasteiger partial charge in [-0.1, -0.05) is 18.2 Å². The van der Waals surface area contributed by atoms with Crippen molar-refractivity contribution in [2.75, 3.05) is 12.5 Å². The number of thiophene rings is 1. The maximum atomic E-state index is 12.3. The highest BCUT2D eigenvalue weighted by atomic mass is 32.1. The molecule has 1 N–H and O–H groups in total. The summed E-state index contributed by atoms with van der Waals surface area (Å²) in [6.45, 7) is 1.59. The first kappa shape index (κ1) is 16.8. The molecule has 0 saturated carbocycles. The number of fused-ring (bicyclic) bond motifs is 1. The average molecular weight is 352 g/mol. The summed E-state index contributed by atoms with van der Waals surface area (Å²) in [4.78, 5) is 33.0. The van der Waals surface area contributed by atoms with Crippen LogP contribution >= 0.6 is 11.3 Å². The van der Waals surface area contributed by atoms with E-state index in [1.807, 2.05) is 41.8 Å². The molecule has 0 unspecified atom stereocenters. The van der Waals surface area contributed by atoms with Gasteiger partial charge >= 0.3 is 0 Å². The Morgan fingerprint density at radius 2 is 2.00 bits per heavy atom. The Morgan fingerprint density at radius 3 is 2.72 bits per heavy atom. The van der Waals surface area contributed by atoms with E-state index < -0.39 is 0 Å². The van der Waals surface area contributed by atoms with Crippen LogP contribution in [0.3, 0.4) is 0 Å². The Balaban J connectivity index is 2.01.